The second kappa shape index (κ2) is 4.25. The minimum absolute atomic E-state index is 0.178. The van der Waals surface area contributed by atoms with Gasteiger partial charge < -0.3 is 11.1 Å². The van der Waals surface area contributed by atoms with Crippen molar-refractivity contribution in [2.24, 2.45) is 16.7 Å². The van der Waals surface area contributed by atoms with Crippen molar-refractivity contribution in [3.63, 3.8) is 0 Å². The number of carbonyl (C=O) groups excluding carboxylic acids is 1. The SMILES string of the molecule is CCn1cc(N)c(C(=O)NCC2C(C)(C)C2(C)C)n1. The third-order valence-corrected chi connectivity index (χ3v) is 5.12. The summed E-state index contributed by atoms with van der Waals surface area (Å²) in [6, 6.07) is 0. The normalized spacial score (nSPS) is 20.3. The summed E-state index contributed by atoms with van der Waals surface area (Å²) in [5.41, 5.74) is 7.12. The van der Waals surface area contributed by atoms with E-state index in [1.165, 1.54) is 0 Å². The Hall–Kier alpha value is -1.52. The predicted molar refractivity (Wildman–Crippen MR) is 75.7 cm³/mol. The third kappa shape index (κ3) is 2.11. The van der Waals surface area contributed by atoms with Gasteiger partial charge in [-0.2, -0.15) is 5.10 Å². The topological polar surface area (TPSA) is 72.9 Å². The van der Waals surface area contributed by atoms with Gasteiger partial charge in [0.25, 0.3) is 5.91 Å². The number of nitrogens with one attached hydrogen (secondary N) is 1. The molecule has 5 nitrogen and oxygen atoms in total. The van der Waals surface area contributed by atoms with E-state index < -0.39 is 0 Å². The molecule has 0 aromatic carbocycles. The fourth-order valence-corrected chi connectivity index (χ4v) is 2.90. The highest BCUT2D eigenvalue weighted by atomic mass is 16.2. The fraction of sp³-hybridized carbons (Fsp3) is 0.714. The van der Waals surface area contributed by atoms with Crippen LogP contribution in [-0.4, -0.2) is 22.2 Å². The van der Waals surface area contributed by atoms with E-state index in [9.17, 15) is 4.79 Å². The molecule has 1 heterocycles. The number of anilines is 1. The number of nitrogens with two attached hydrogens (primary N) is 1. The van der Waals surface area contributed by atoms with E-state index in [0.717, 1.165) is 0 Å². The van der Waals surface area contributed by atoms with Crippen LogP contribution in [0, 0.1) is 16.7 Å². The maximum Gasteiger partial charge on any atom is 0.273 e. The van der Waals surface area contributed by atoms with Crippen molar-refractivity contribution >= 4 is 11.6 Å². The summed E-state index contributed by atoms with van der Waals surface area (Å²) in [6.45, 7) is 12.3. The van der Waals surface area contributed by atoms with Crippen LogP contribution in [-0.2, 0) is 6.54 Å². The summed E-state index contributed by atoms with van der Waals surface area (Å²) >= 11 is 0. The van der Waals surface area contributed by atoms with E-state index in [1.807, 2.05) is 6.92 Å². The molecule has 1 saturated carbocycles. The van der Waals surface area contributed by atoms with Crippen LogP contribution < -0.4 is 11.1 Å². The van der Waals surface area contributed by atoms with Crippen LogP contribution in [0.5, 0.6) is 0 Å². The number of hydrogen-bond acceptors (Lipinski definition) is 3. The molecule has 19 heavy (non-hydrogen) atoms. The molecule has 0 unspecified atom stereocenters. The summed E-state index contributed by atoms with van der Waals surface area (Å²) in [5, 5.41) is 7.13. The Balaban J connectivity index is 1.98. The highest BCUT2D eigenvalue weighted by molar-refractivity contribution is 5.97. The highest BCUT2D eigenvalue weighted by Gasteiger charge is 2.64. The molecule has 2 rings (SSSR count). The molecule has 0 aliphatic heterocycles. The van der Waals surface area contributed by atoms with Gasteiger partial charge in [-0.3, -0.25) is 9.48 Å². The van der Waals surface area contributed by atoms with E-state index >= 15 is 0 Å². The van der Waals surface area contributed by atoms with Crippen LogP contribution in [0.25, 0.3) is 0 Å². The van der Waals surface area contributed by atoms with Gasteiger partial charge in [0.1, 0.15) is 0 Å². The van der Waals surface area contributed by atoms with E-state index in [2.05, 4.69) is 38.1 Å². The smallest absolute Gasteiger partial charge is 0.273 e. The molecule has 0 atom stereocenters. The molecule has 1 aromatic heterocycles. The zero-order valence-corrected chi connectivity index (χ0v) is 12.4. The zero-order chi connectivity index (χ0) is 14.4. The molecule has 1 amide bonds. The van der Waals surface area contributed by atoms with Crippen LogP contribution in [0.1, 0.15) is 45.1 Å². The molecule has 1 aromatic rings. The molecule has 0 radical (unpaired) electrons. The van der Waals surface area contributed by atoms with E-state index in [4.69, 9.17) is 5.73 Å². The maximum atomic E-state index is 12.1. The Bertz CT molecular complexity index is 488. The number of nitrogen functional groups attached to an aromatic ring is 1. The molecule has 3 N–H and O–H groups in total. The molecule has 1 fully saturated rings. The molecule has 0 saturated heterocycles. The van der Waals surface area contributed by atoms with Gasteiger partial charge in [-0.05, 0) is 23.7 Å². The van der Waals surface area contributed by atoms with Gasteiger partial charge in [0, 0.05) is 19.3 Å². The quantitative estimate of drug-likeness (QED) is 0.872. The lowest BCUT2D eigenvalue weighted by Crippen LogP contribution is -2.28. The first-order valence-electron chi connectivity index (χ1n) is 6.83. The van der Waals surface area contributed by atoms with Crippen molar-refractivity contribution in [1.82, 2.24) is 15.1 Å². The van der Waals surface area contributed by atoms with Crippen molar-refractivity contribution in [3.05, 3.63) is 11.9 Å². The number of aromatic nitrogens is 2. The first kappa shape index (κ1) is 13.9. The van der Waals surface area contributed by atoms with Gasteiger partial charge in [0.2, 0.25) is 0 Å². The van der Waals surface area contributed by atoms with Crippen molar-refractivity contribution in [3.8, 4) is 0 Å². The number of hydrogen-bond donors (Lipinski definition) is 2. The third-order valence-electron chi connectivity index (χ3n) is 5.12. The molecule has 106 valence electrons. The van der Waals surface area contributed by atoms with Crippen molar-refractivity contribution in [2.75, 3.05) is 12.3 Å². The molecular formula is C14H24N4O. The number of nitrogens with zero attached hydrogens (tertiary/aromatic N) is 2. The monoisotopic (exact) mass is 264 g/mol. The number of aryl methyl sites for hydroxylation is 1. The zero-order valence-electron chi connectivity index (χ0n) is 12.4. The average Bonchev–Trinajstić information content (AvgIpc) is 2.64. The van der Waals surface area contributed by atoms with Gasteiger partial charge in [-0.1, -0.05) is 27.7 Å². The van der Waals surface area contributed by atoms with Crippen LogP contribution in [0.2, 0.25) is 0 Å². The standard InChI is InChI=1S/C14H24N4O/c1-6-18-8-9(15)11(17-18)12(19)16-7-10-13(2,3)14(10,4)5/h8,10H,6-7,15H2,1-5H3,(H,16,19). The molecule has 5 heteroatoms. The minimum atomic E-state index is -0.178. The largest absolute Gasteiger partial charge is 0.396 e. The second-order valence-corrected chi connectivity index (χ2v) is 6.49. The highest BCUT2D eigenvalue weighted by Crippen LogP contribution is 2.67. The molecule has 0 bridgehead atoms. The Morgan fingerprint density at radius 2 is 2.00 bits per heavy atom. The van der Waals surface area contributed by atoms with Crippen molar-refractivity contribution < 1.29 is 4.79 Å². The molecule has 1 aliphatic carbocycles. The van der Waals surface area contributed by atoms with E-state index in [0.29, 0.717) is 30.4 Å². The summed E-state index contributed by atoms with van der Waals surface area (Å²) < 4.78 is 1.68. The summed E-state index contributed by atoms with van der Waals surface area (Å²) in [6.07, 6.45) is 1.69. The number of amides is 1. The van der Waals surface area contributed by atoms with Gasteiger partial charge in [0.05, 0.1) is 5.69 Å². The lowest BCUT2D eigenvalue weighted by molar-refractivity contribution is 0.0945. The second-order valence-electron chi connectivity index (χ2n) is 6.49. The maximum absolute atomic E-state index is 12.1. The van der Waals surface area contributed by atoms with Crippen molar-refractivity contribution in [1.29, 1.82) is 0 Å². The summed E-state index contributed by atoms with van der Waals surface area (Å²) in [5.74, 6) is 0.321. The van der Waals surface area contributed by atoms with Gasteiger partial charge >= 0.3 is 0 Å². The predicted octanol–water partition coefficient (Wildman–Crippen LogP) is 1.90. The lowest BCUT2D eigenvalue weighted by Gasteiger charge is -2.05. The first-order valence-corrected chi connectivity index (χ1v) is 6.83. The lowest BCUT2D eigenvalue weighted by atomic mass is 10.0. The Morgan fingerprint density at radius 1 is 1.42 bits per heavy atom. The minimum Gasteiger partial charge on any atom is -0.396 e. The molecule has 1 aliphatic rings. The van der Waals surface area contributed by atoms with Crippen LogP contribution in [0.3, 0.4) is 0 Å². The van der Waals surface area contributed by atoms with Crippen LogP contribution in [0.4, 0.5) is 5.69 Å². The van der Waals surface area contributed by atoms with E-state index in [1.54, 1.807) is 10.9 Å². The summed E-state index contributed by atoms with van der Waals surface area (Å²) in [4.78, 5) is 12.1. The van der Waals surface area contributed by atoms with Gasteiger partial charge in [-0.15, -0.1) is 0 Å². The average molecular weight is 264 g/mol. The molecular weight excluding hydrogens is 240 g/mol. The Morgan fingerprint density at radius 3 is 2.42 bits per heavy atom. The molecule has 0 spiro atoms. The van der Waals surface area contributed by atoms with Crippen LogP contribution in [0.15, 0.2) is 6.20 Å². The number of rotatable bonds is 4. The fourth-order valence-electron chi connectivity index (χ4n) is 2.90. The van der Waals surface area contributed by atoms with Gasteiger partial charge in [0.15, 0.2) is 5.69 Å². The number of carbonyl (C=O) groups is 1. The van der Waals surface area contributed by atoms with E-state index in [-0.39, 0.29) is 16.7 Å². The van der Waals surface area contributed by atoms with Gasteiger partial charge in [-0.25, -0.2) is 0 Å². The van der Waals surface area contributed by atoms with Crippen molar-refractivity contribution in [2.45, 2.75) is 41.2 Å². The van der Waals surface area contributed by atoms with Crippen LogP contribution >= 0.6 is 0 Å². The Kier molecular flexibility index (Phi) is 3.11. The first-order chi connectivity index (χ1) is 8.71. The Labute approximate surface area is 114 Å². The summed E-state index contributed by atoms with van der Waals surface area (Å²) in [7, 11) is 0.